The fraction of sp³-hybridized carbons (Fsp3) is 0.438. The van der Waals surface area contributed by atoms with Gasteiger partial charge in [0.1, 0.15) is 5.01 Å². The van der Waals surface area contributed by atoms with Crippen LogP contribution in [0.15, 0.2) is 28.7 Å². The molecule has 2 nitrogen and oxygen atoms in total. The lowest BCUT2D eigenvalue weighted by Gasteiger charge is -2.17. The second-order valence-electron chi connectivity index (χ2n) is 5.34. The van der Waals surface area contributed by atoms with Crippen LogP contribution in [-0.4, -0.2) is 11.0 Å². The summed E-state index contributed by atoms with van der Waals surface area (Å²) in [6.07, 6.45) is 3.59. The van der Waals surface area contributed by atoms with Crippen LogP contribution in [0, 0.1) is 6.92 Å². The number of halogens is 1. The Hall–Kier alpha value is -0.710. The number of aryl methyl sites for hydroxylation is 2. The second-order valence-corrected chi connectivity index (χ2v) is 7.49. The minimum atomic E-state index is 0.226. The van der Waals surface area contributed by atoms with Gasteiger partial charge >= 0.3 is 0 Å². The molecule has 1 aromatic heterocycles. The predicted octanol–water partition coefficient (Wildman–Crippen LogP) is 4.62. The Bertz CT molecular complexity index is 604. The number of nitrogens with zero attached hydrogens (tertiary/aromatic N) is 1. The van der Waals surface area contributed by atoms with E-state index >= 15 is 0 Å². The van der Waals surface area contributed by atoms with Crippen molar-refractivity contribution in [2.75, 3.05) is 0 Å². The molecule has 1 N–H and O–H groups in total. The molecule has 0 radical (unpaired) electrons. The van der Waals surface area contributed by atoms with E-state index in [2.05, 4.69) is 59.4 Å². The van der Waals surface area contributed by atoms with Gasteiger partial charge in [-0.3, -0.25) is 0 Å². The molecule has 106 valence electrons. The summed E-state index contributed by atoms with van der Waals surface area (Å²) in [5.74, 6) is 0. The van der Waals surface area contributed by atoms with Crippen LogP contribution < -0.4 is 5.32 Å². The molecular weight excluding hydrogens is 332 g/mol. The van der Waals surface area contributed by atoms with E-state index in [1.54, 1.807) is 0 Å². The van der Waals surface area contributed by atoms with Crippen molar-refractivity contribution in [3.63, 3.8) is 0 Å². The molecule has 1 aliphatic rings. The second kappa shape index (κ2) is 5.96. The third-order valence-corrected chi connectivity index (χ3v) is 5.22. The van der Waals surface area contributed by atoms with Gasteiger partial charge < -0.3 is 5.32 Å². The maximum atomic E-state index is 4.86. The SMILES string of the molecule is CCc1nc(C(NC2CC2)c2cccc(Br)c2)sc1C. The standard InChI is InChI=1S/C16H19BrN2S/c1-3-14-10(2)20-16(19-14)15(18-13-7-8-13)11-5-4-6-12(17)9-11/h4-6,9,13,15,18H,3,7-8H2,1-2H3. The molecule has 1 atom stereocenters. The van der Waals surface area contributed by atoms with Gasteiger partial charge in [0, 0.05) is 15.4 Å². The highest BCUT2D eigenvalue weighted by atomic mass is 79.9. The zero-order valence-corrected chi connectivity index (χ0v) is 14.2. The van der Waals surface area contributed by atoms with E-state index in [0.29, 0.717) is 6.04 Å². The average Bonchev–Trinajstić information content (AvgIpc) is 3.18. The molecule has 2 aromatic rings. The van der Waals surface area contributed by atoms with Crippen molar-refractivity contribution in [1.29, 1.82) is 0 Å². The highest BCUT2D eigenvalue weighted by molar-refractivity contribution is 9.10. The minimum absolute atomic E-state index is 0.226. The lowest BCUT2D eigenvalue weighted by atomic mass is 10.1. The van der Waals surface area contributed by atoms with E-state index in [4.69, 9.17) is 4.98 Å². The molecule has 0 bridgehead atoms. The molecule has 0 amide bonds. The topological polar surface area (TPSA) is 24.9 Å². The number of thiazole rings is 1. The van der Waals surface area contributed by atoms with E-state index in [0.717, 1.165) is 10.9 Å². The first kappa shape index (κ1) is 14.2. The highest BCUT2D eigenvalue weighted by Gasteiger charge is 2.28. The molecule has 0 aliphatic heterocycles. The van der Waals surface area contributed by atoms with Gasteiger partial charge in [-0.25, -0.2) is 4.98 Å². The number of rotatable bonds is 5. The van der Waals surface area contributed by atoms with E-state index in [1.807, 2.05) is 11.3 Å². The first-order valence-electron chi connectivity index (χ1n) is 7.15. The summed E-state index contributed by atoms with van der Waals surface area (Å²) in [6, 6.07) is 9.44. The molecular formula is C16H19BrN2S. The summed E-state index contributed by atoms with van der Waals surface area (Å²) in [5.41, 5.74) is 2.53. The summed E-state index contributed by atoms with van der Waals surface area (Å²) in [5, 5.41) is 4.94. The number of nitrogens with one attached hydrogen (secondary N) is 1. The Morgan fingerprint density at radius 2 is 2.25 bits per heavy atom. The molecule has 1 heterocycles. The lowest BCUT2D eigenvalue weighted by Crippen LogP contribution is -2.24. The Morgan fingerprint density at radius 3 is 2.85 bits per heavy atom. The first-order valence-corrected chi connectivity index (χ1v) is 8.76. The number of hydrogen-bond donors (Lipinski definition) is 1. The largest absolute Gasteiger partial charge is 0.301 e. The van der Waals surface area contributed by atoms with Crippen LogP contribution in [0.4, 0.5) is 0 Å². The van der Waals surface area contributed by atoms with Gasteiger partial charge in [-0.15, -0.1) is 11.3 Å². The van der Waals surface area contributed by atoms with Crippen molar-refractivity contribution in [1.82, 2.24) is 10.3 Å². The highest BCUT2D eigenvalue weighted by Crippen LogP contribution is 2.33. The Balaban J connectivity index is 1.96. The molecule has 0 spiro atoms. The zero-order chi connectivity index (χ0) is 14.1. The van der Waals surface area contributed by atoms with Gasteiger partial charge in [0.15, 0.2) is 0 Å². The van der Waals surface area contributed by atoms with Crippen LogP contribution in [-0.2, 0) is 6.42 Å². The summed E-state index contributed by atoms with van der Waals surface area (Å²) < 4.78 is 1.13. The molecule has 3 rings (SSSR count). The fourth-order valence-electron chi connectivity index (χ4n) is 2.38. The monoisotopic (exact) mass is 350 g/mol. The predicted molar refractivity (Wildman–Crippen MR) is 88.4 cm³/mol. The quantitative estimate of drug-likeness (QED) is 0.850. The third kappa shape index (κ3) is 3.13. The smallest absolute Gasteiger partial charge is 0.115 e. The molecule has 1 saturated carbocycles. The maximum absolute atomic E-state index is 4.86. The number of hydrogen-bond acceptors (Lipinski definition) is 3. The maximum Gasteiger partial charge on any atom is 0.115 e. The van der Waals surface area contributed by atoms with E-state index in [-0.39, 0.29) is 6.04 Å². The van der Waals surface area contributed by atoms with Crippen LogP contribution >= 0.6 is 27.3 Å². The van der Waals surface area contributed by atoms with Gasteiger partial charge in [0.2, 0.25) is 0 Å². The lowest BCUT2D eigenvalue weighted by molar-refractivity contribution is 0.596. The summed E-state index contributed by atoms with van der Waals surface area (Å²) in [4.78, 5) is 6.20. The van der Waals surface area contributed by atoms with E-state index in [9.17, 15) is 0 Å². The molecule has 20 heavy (non-hydrogen) atoms. The Morgan fingerprint density at radius 1 is 1.45 bits per heavy atom. The number of aromatic nitrogens is 1. The third-order valence-electron chi connectivity index (χ3n) is 3.65. The zero-order valence-electron chi connectivity index (χ0n) is 11.8. The van der Waals surface area contributed by atoms with Crippen LogP contribution in [0.25, 0.3) is 0 Å². The Kier molecular flexibility index (Phi) is 4.24. The van der Waals surface area contributed by atoms with E-state index < -0.39 is 0 Å². The molecule has 4 heteroatoms. The average molecular weight is 351 g/mol. The summed E-state index contributed by atoms with van der Waals surface area (Å²) in [7, 11) is 0. The van der Waals surface area contributed by atoms with Crippen LogP contribution in [0.1, 0.15) is 46.9 Å². The van der Waals surface area contributed by atoms with Gasteiger partial charge in [-0.05, 0) is 43.9 Å². The number of benzene rings is 1. The van der Waals surface area contributed by atoms with E-state index in [1.165, 1.54) is 34.0 Å². The minimum Gasteiger partial charge on any atom is -0.301 e. The van der Waals surface area contributed by atoms with Crippen molar-refractivity contribution in [2.45, 2.75) is 45.2 Å². The van der Waals surface area contributed by atoms with Crippen molar-refractivity contribution >= 4 is 27.3 Å². The van der Waals surface area contributed by atoms with Crippen LogP contribution in [0.2, 0.25) is 0 Å². The Labute approximate surface area is 132 Å². The van der Waals surface area contributed by atoms with Crippen LogP contribution in [0.5, 0.6) is 0 Å². The van der Waals surface area contributed by atoms with Crippen molar-refractivity contribution in [2.24, 2.45) is 0 Å². The fourth-order valence-corrected chi connectivity index (χ4v) is 3.90. The summed E-state index contributed by atoms with van der Waals surface area (Å²) in [6.45, 7) is 4.35. The molecule has 0 saturated heterocycles. The molecule has 1 aromatic carbocycles. The molecule has 1 unspecified atom stereocenters. The van der Waals surface area contributed by atoms with Gasteiger partial charge in [-0.1, -0.05) is 35.0 Å². The molecule has 1 aliphatic carbocycles. The molecule has 1 fully saturated rings. The van der Waals surface area contributed by atoms with Crippen molar-refractivity contribution < 1.29 is 0 Å². The summed E-state index contributed by atoms with van der Waals surface area (Å²) >= 11 is 5.40. The van der Waals surface area contributed by atoms with Gasteiger partial charge in [-0.2, -0.15) is 0 Å². The van der Waals surface area contributed by atoms with Gasteiger partial charge in [0.25, 0.3) is 0 Å². The van der Waals surface area contributed by atoms with Crippen LogP contribution in [0.3, 0.4) is 0 Å². The van der Waals surface area contributed by atoms with Gasteiger partial charge in [0.05, 0.1) is 11.7 Å². The first-order chi connectivity index (χ1) is 9.67. The van der Waals surface area contributed by atoms with Crippen molar-refractivity contribution in [3.05, 3.63) is 49.9 Å². The van der Waals surface area contributed by atoms with Crippen molar-refractivity contribution in [3.8, 4) is 0 Å². The normalized spacial score (nSPS) is 16.4.